The van der Waals surface area contributed by atoms with Gasteiger partial charge in [-0.25, -0.2) is 0 Å². The first-order valence-corrected chi connectivity index (χ1v) is 7.97. The van der Waals surface area contributed by atoms with Crippen molar-refractivity contribution < 1.29 is 4.42 Å². The minimum atomic E-state index is 0.136. The first-order chi connectivity index (χ1) is 9.88. The molecule has 0 saturated carbocycles. The Kier molecular flexibility index (Phi) is 4.64. The fourth-order valence-corrected chi connectivity index (χ4v) is 2.61. The molecule has 0 unspecified atom stereocenters. The first kappa shape index (κ1) is 15.9. The largest absolute Gasteiger partial charge is 0.469 e. The van der Waals surface area contributed by atoms with E-state index < -0.39 is 0 Å². The van der Waals surface area contributed by atoms with Gasteiger partial charge in [-0.15, -0.1) is 0 Å². The molecule has 4 nitrogen and oxygen atoms in total. The molecular weight excluding hydrogens is 262 g/mol. The van der Waals surface area contributed by atoms with Gasteiger partial charge in [-0.3, -0.25) is 4.99 Å². The van der Waals surface area contributed by atoms with E-state index in [0.29, 0.717) is 5.41 Å². The van der Waals surface area contributed by atoms with Gasteiger partial charge >= 0.3 is 0 Å². The summed E-state index contributed by atoms with van der Waals surface area (Å²) in [5.74, 6) is 2.05. The zero-order valence-electron chi connectivity index (χ0n) is 14.1. The molecule has 1 aromatic heterocycles. The molecule has 2 rings (SSSR count). The van der Waals surface area contributed by atoms with Gasteiger partial charge in [0.1, 0.15) is 5.76 Å². The minimum absolute atomic E-state index is 0.136. The third kappa shape index (κ3) is 3.25. The van der Waals surface area contributed by atoms with Crippen molar-refractivity contribution in [1.82, 2.24) is 10.2 Å². The highest BCUT2D eigenvalue weighted by Crippen LogP contribution is 2.46. The van der Waals surface area contributed by atoms with Gasteiger partial charge < -0.3 is 14.6 Å². The van der Waals surface area contributed by atoms with Gasteiger partial charge in [0, 0.05) is 37.0 Å². The molecule has 0 spiro atoms. The predicted octanol–water partition coefficient (Wildman–Crippen LogP) is 3.30. The van der Waals surface area contributed by atoms with Crippen LogP contribution in [-0.4, -0.2) is 36.0 Å². The van der Waals surface area contributed by atoms with Crippen molar-refractivity contribution in [2.24, 2.45) is 10.4 Å². The Morgan fingerprint density at radius 2 is 2.14 bits per heavy atom. The van der Waals surface area contributed by atoms with Crippen molar-refractivity contribution in [1.29, 1.82) is 0 Å². The average Bonchev–Trinajstić information content (AvgIpc) is 2.93. The number of furan rings is 1. The van der Waals surface area contributed by atoms with E-state index in [0.717, 1.165) is 44.2 Å². The van der Waals surface area contributed by atoms with Crippen LogP contribution in [0.4, 0.5) is 0 Å². The first-order valence-electron chi connectivity index (χ1n) is 7.97. The quantitative estimate of drug-likeness (QED) is 0.668. The average molecular weight is 291 g/mol. The monoisotopic (exact) mass is 291 g/mol. The summed E-state index contributed by atoms with van der Waals surface area (Å²) < 4.78 is 5.38. The second-order valence-electron chi connectivity index (χ2n) is 6.99. The summed E-state index contributed by atoms with van der Waals surface area (Å²) >= 11 is 0. The number of aliphatic imine (C=N–C) groups is 1. The fourth-order valence-electron chi connectivity index (χ4n) is 2.61. The molecule has 0 aliphatic carbocycles. The zero-order valence-corrected chi connectivity index (χ0v) is 14.1. The van der Waals surface area contributed by atoms with E-state index in [1.54, 1.807) is 6.26 Å². The Morgan fingerprint density at radius 3 is 2.67 bits per heavy atom. The van der Waals surface area contributed by atoms with Crippen molar-refractivity contribution >= 4 is 5.96 Å². The Bertz CT molecular complexity index is 474. The highest BCUT2D eigenvalue weighted by Gasteiger charge is 2.53. The van der Waals surface area contributed by atoms with Crippen LogP contribution in [0.5, 0.6) is 0 Å². The topological polar surface area (TPSA) is 40.8 Å². The van der Waals surface area contributed by atoms with Crippen LogP contribution in [0, 0.1) is 5.41 Å². The van der Waals surface area contributed by atoms with Crippen LogP contribution >= 0.6 is 0 Å². The molecule has 21 heavy (non-hydrogen) atoms. The molecular formula is C17H29N3O. The van der Waals surface area contributed by atoms with E-state index in [1.165, 1.54) is 0 Å². The Balaban J connectivity index is 1.96. The fraction of sp³-hybridized carbons (Fsp3) is 0.706. The van der Waals surface area contributed by atoms with Crippen LogP contribution < -0.4 is 5.32 Å². The SMILES string of the molecule is CCCN=C(NCCc1ccco1)N1CC(C)(C)C1(C)C. The summed E-state index contributed by atoms with van der Waals surface area (Å²) in [5.41, 5.74) is 0.458. The number of nitrogens with one attached hydrogen (secondary N) is 1. The lowest BCUT2D eigenvalue weighted by atomic mass is 9.65. The maximum atomic E-state index is 5.38. The van der Waals surface area contributed by atoms with E-state index in [2.05, 4.69) is 44.8 Å². The predicted molar refractivity (Wildman–Crippen MR) is 87.6 cm³/mol. The van der Waals surface area contributed by atoms with Gasteiger partial charge in [0.15, 0.2) is 5.96 Å². The van der Waals surface area contributed by atoms with E-state index in [9.17, 15) is 0 Å². The van der Waals surface area contributed by atoms with E-state index in [4.69, 9.17) is 9.41 Å². The molecule has 1 N–H and O–H groups in total. The standard InChI is InChI=1S/C17H29N3O/c1-6-10-18-15(19-11-9-14-8-7-12-21-14)20-13-16(2,3)17(20,4)5/h7-8,12H,6,9-11,13H2,1-5H3,(H,18,19). The molecule has 118 valence electrons. The van der Waals surface area contributed by atoms with Crippen molar-refractivity contribution in [3.8, 4) is 0 Å². The van der Waals surface area contributed by atoms with Crippen molar-refractivity contribution in [3.05, 3.63) is 24.2 Å². The highest BCUT2D eigenvalue weighted by atomic mass is 16.3. The summed E-state index contributed by atoms with van der Waals surface area (Å²) in [5, 5.41) is 3.50. The van der Waals surface area contributed by atoms with E-state index in [1.807, 2.05) is 12.1 Å². The van der Waals surface area contributed by atoms with Crippen LogP contribution in [0.3, 0.4) is 0 Å². The van der Waals surface area contributed by atoms with Crippen LogP contribution in [0.25, 0.3) is 0 Å². The lowest BCUT2D eigenvalue weighted by Crippen LogP contribution is -2.72. The van der Waals surface area contributed by atoms with E-state index in [-0.39, 0.29) is 5.54 Å². The number of nitrogens with zero attached hydrogens (tertiary/aromatic N) is 2. The summed E-state index contributed by atoms with van der Waals surface area (Å²) in [4.78, 5) is 7.14. The third-order valence-electron chi connectivity index (χ3n) is 4.86. The van der Waals surface area contributed by atoms with Crippen molar-refractivity contribution in [3.63, 3.8) is 0 Å². The van der Waals surface area contributed by atoms with Gasteiger partial charge in [-0.05, 0) is 32.4 Å². The van der Waals surface area contributed by atoms with Crippen LogP contribution in [0.15, 0.2) is 27.8 Å². The second kappa shape index (κ2) is 6.12. The zero-order chi connectivity index (χ0) is 15.5. The molecule has 1 aliphatic rings. The Hall–Kier alpha value is -1.45. The molecule has 0 radical (unpaired) electrons. The molecule has 2 heterocycles. The number of rotatable bonds is 5. The highest BCUT2D eigenvalue weighted by molar-refractivity contribution is 5.82. The number of hydrogen-bond acceptors (Lipinski definition) is 2. The summed E-state index contributed by atoms with van der Waals surface area (Å²) in [7, 11) is 0. The van der Waals surface area contributed by atoms with Crippen molar-refractivity contribution in [2.45, 2.75) is 53.0 Å². The third-order valence-corrected chi connectivity index (χ3v) is 4.86. The summed E-state index contributed by atoms with van der Waals surface area (Å²) in [6.45, 7) is 14.2. The summed E-state index contributed by atoms with van der Waals surface area (Å²) in [6.07, 6.45) is 3.68. The molecule has 0 aromatic carbocycles. The minimum Gasteiger partial charge on any atom is -0.469 e. The lowest BCUT2D eigenvalue weighted by Gasteiger charge is -2.62. The molecule has 1 aromatic rings. The number of likely N-dealkylation sites (tertiary alicyclic amines) is 1. The number of guanidine groups is 1. The van der Waals surface area contributed by atoms with Crippen molar-refractivity contribution in [2.75, 3.05) is 19.6 Å². The smallest absolute Gasteiger partial charge is 0.194 e. The van der Waals surface area contributed by atoms with Crippen LogP contribution in [0.2, 0.25) is 0 Å². The maximum absolute atomic E-state index is 5.38. The second-order valence-corrected chi connectivity index (χ2v) is 6.99. The van der Waals surface area contributed by atoms with Gasteiger partial charge in [-0.1, -0.05) is 20.8 Å². The van der Waals surface area contributed by atoms with Gasteiger partial charge in [0.2, 0.25) is 0 Å². The molecule has 4 heteroatoms. The molecule has 0 atom stereocenters. The van der Waals surface area contributed by atoms with E-state index >= 15 is 0 Å². The molecule has 0 amide bonds. The Labute approximate surface area is 128 Å². The van der Waals surface area contributed by atoms with Gasteiger partial charge in [-0.2, -0.15) is 0 Å². The number of hydrogen-bond donors (Lipinski definition) is 1. The molecule has 1 fully saturated rings. The van der Waals surface area contributed by atoms with Crippen LogP contribution in [-0.2, 0) is 6.42 Å². The van der Waals surface area contributed by atoms with Crippen LogP contribution in [0.1, 0.15) is 46.8 Å². The maximum Gasteiger partial charge on any atom is 0.194 e. The molecule has 1 aliphatic heterocycles. The van der Waals surface area contributed by atoms with Gasteiger partial charge in [0.05, 0.1) is 6.26 Å². The summed E-state index contributed by atoms with van der Waals surface area (Å²) in [6, 6.07) is 3.95. The Morgan fingerprint density at radius 1 is 1.38 bits per heavy atom. The lowest BCUT2D eigenvalue weighted by molar-refractivity contribution is -0.0668. The molecule has 1 saturated heterocycles. The van der Waals surface area contributed by atoms with Gasteiger partial charge in [0.25, 0.3) is 0 Å². The normalized spacial score (nSPS) is 20.2. The molecule has 0 bridgehead atoms.